The number of aromatic nitrogens is 2. The molecule has 0 bridgehead atoms. The van der Waals surface area contributed by atoms with Crippen LogP contribution in [0.5, 0.6) is 0 Å². The lowest BCUT2D eigenvalue weighted by Crippen LogP contribution is -2.53. The van der Waals surface area contributed by atoms with Crippen LogP contribution < -0.4 is 15.8 Å². The van der Waals surface area contributed by atoms with Crippen molar-refractivity contribution in [3.8, 4) is 0 Å². The van der Waals surface area contributed by atoms with Crippen molar-refractivity contribution in [2.45, 2.75) is 19.1 Å². The summed E-state index contributed by atoms with van der Waals surface area (Å²) in [6.07, 6.45) is 5.45. The number of ether oxygens (including phenoxy) is 1. The van der Waals surface area contributed by atoms with E-state index in [1.54, 1.807) is 12.4 Å². The molecule has 2 N–H and O–H groups in total. The Labute approximate surface area is 107 Å². The van der Waals surface area contributed by atoms with Gasteiger partial charge in [0.1, 0.15) is 5.82 Å². The van der Waals surface area contributed by atoms with Gasteiger partial charge in [0.25, 0.3) is 0 Å². The Bertz CT molecular complexity index is 387. The molecule has 6 nitrogen and oxygen atoms in total. The predicted octanol–water partition coefficient (Wildman–Crippen LogP) is -0.206. The van der Waals surface area contributed by atoms with Crippen molar-refractivity contribution < 1.29 is 4.74 Å². The maximum atomic E-state index is 5.89. The van der Waals surface area contributed by atoms with Gasteiger partial charge in [-0.2, -0.15) is 0 Å². The number of hydrazine groups is 1. The molecular formula is C12H19N5O. The Morgan fingerprint density at radius 3 is 3.11 bits per heavy atom. The standard InChI is InChI=1S/C12H19N5O/c1-9-6-15-16-12(9)10-8-17(4-5-18-10)11-7-13-2-3-14-11/h2-3,7,9-10,12,15-16H,4-6,8H2,1H3. The van der Waals surface area contributed by atoms with Gasteiger partial charge in [-0.15, -0.1) is 0 Å². The first-order valence-corrected chi connectivity index (χ1v) is 6.45. The molecule has 1 aromatic rings. The first-order valence-electron chi connectivity index (χ1n) is 6.45. The molecule has 0 spiro atoms. The van der Waals surface area contributed by atoms with Crippen LogP contribution in [-0.2, 0) is 4.74 Å². The molecule has 2 saturated heterocycles. The van der Waals surface area contributed by atoms with Crippen LogP contribution in [0.25, 0.3) is 0 Å². The molecule has 3 rings (SSSR count). The van der Waals surface area contributed by atoms with E-state index in [2.05, 4.69) is 32.6 Å². The van der Waals surface area contributed by atoms with Gasteiger partial charge in [-0.25, -0.2) is 4.98 Å². The van der Waals surface area contributed by atoms with Crippen LogP contribution in [0.4, 0.5) is 5.82 Å². The molecule has 2 fully saturated rings. The summed E-state index contributed by atoms with van der Waals surface area (Å²) in [5.74, 6) is 1.52. The SMILES string of the molecule is CC1CNNC1C1CN(c2cnccn2)CCO1. The topological polar surface area (TPSA) is 62.3 Å². The van der Waals surface area contributed by atoms with Gasteiger partial charge in [-0.1, -0.05) is 6.92 Å². The highest BCUT2D eigenvalue weighted by Crippen LogP contribution is 2.20. The van der Waals surface area contributed by atoms with E-state index in [0.717, 1.165) is 32.1 Å². The van der Waals surface area contributed by atoms with Gasteiger partial charge in [0.15, 0.2) is 0 Å². The van der Waals surface area contributed by atoms with Crippen LogP contribution >= 0.6 is 0 Å². The van der Waals surface area contributed by atoms with Crippen molar-refractivity contribution in [3.63, 3.8) is 0 Å². The van der Waals surface area contributed by atoms with Crippen LogP contribution in [0.2, 0.25) is 0 Å². The third-order valence-corrected chi connectivity index (χ3v) is 3.67. The molecule has 3 unspecified atom stereocenters. The Kier molecular flexibility index (Phi) is 3.40. The van der Waals surface area contributed by atoms with Crippen molar-refractivity contribution in [1.29, 1.82) is 0 Å². The number of morpholine rings is 1. The van der Waals surface area contributed by atoms with Crippen LogP contribution in [0.3, 0.4) is 0 Å². The van der Waals surface area contributed by atoms with E-state index in [0.29, 0.717) is 12.0 Å². The highest BCUT2D eigenvalue weighted by Gasteiger charge is 2.34. The summed E-state index contributed by atoms with van der Waals surface area (Å²) >= 11 is 0. The summed E-state index contributed by atoms with van der Waals surface area (Å²) in [6.45, 7) is 5.72. The van der Waals surface area contributed by atoms with Gasteiger partial charge in [-0.05, 0) is 5.92 Å². The molecule has 0 amide bonds. The lowest BCUT2D eigenvalue weighted by Gasteiger charge is -2.37. The average molecular weight is 249 g/mol. The maximum Gasteiger partial charge on any atom is 0.147 e. The van der Waals surface area contributed by atoms with Crippen LogP contribution in [0.1, 0.15) is 6.92 Å². The van der Waals surface area contributed by atoms with Crippen molar-refractivity contribution >= 4 is 5.82 Å². The number of nitrogens with one attached hydrogen (secondary N) is 2. The number of nitrogens with zero attached hydrogens (tertiary/aromatic N) is 3. The number of rotatable bonds is 2. The molecule has 0 aromatic carbocycles. The molecule has 3 heterocycles. The summed E-state index contributed by atoms with van der Waals surface area (Å²) in [4.78, 5) is 10.7. The Morgan fingerprint density at radius 2 is 2.39 bits per heavy atom. The fraction of sp³-hybridized carbons (Fsp3) is 0.667. The van der Waals surface area contributed by atoms with Crippen LogP contribution in [-0.4, -0.2) is 48.4 Å². The minimum Gasteiger partial charge on any atom is -0.373 e. The highest BCUT2D eigenvalue weighted by molar-refractivity contribution is 5.35. The third kappa shape index (κ3) is 2.31. The fourth-order valence-electron chi connectivity index (χ4n) is 2.62. The third-order valence-electron chi connectivity index (χ3n) is 3.67. The number of hydrogen-bond acceptors (Lipinski definition) is 6. The summed E-state index contributed by atoms with van der Waals surface area (Å²) in [6, 6.07) is 0.365. The quantitative estimate of drug-likeness (QED) is 0.756. The van der Waals surface area contributed by atoms with Gasteiger partial charge in [0.2, 0.25) is 0 Å². The Hall–Kier alpha value is -1.24. The normalized spacial score (nSPS) is 32.7. The molecule has 2 aliphatic heterocycles. The molecule has 0 radical (unpaired) electrons. The van der Waals surface area contributed by atoms with E-state index >= 15 is 0 Å². The molecule has 0 saturated carbocycles. The lowest BCUT2D eigenvalue weighted by molar-refractivity contribution is 0.0103. The van der Waals surface area contributed by atoms with E-state index in [1.807, 2.05) is 6.20 Å². The van der Waals surface area contributed by atoms with Gasteiger partial charge in [0.05, 0.1) is 24.9 Å². The van der Waals surface area contributed by atoms with Gasteiger partial charge in [0, 0.05) is 32.0 Å². The molecule has 3 atom stereocenters. The molecule has 1 aromatic heterocycles. The second-order valence-electron chi connectivity index (χ2n) is 4.95. The van der Waals surface area contributed by atoms with Crippen molar-refractivity contribution in [2.24, 2.45) is 5.92 Å². The zero-order valence-corrected chi connectivity index (χ0v) is 10.5. The second kappa shape index (κ2) is 5.17. The van der Waals surface area contributed by atoms with E-state index < -0.39 is 0 Å². The fourth-order valence-corrected chi connectivity index (χ4v) is 2.62. The summed E-state index contributed by atoms with van der Waals surface area (Å²) in [5, 5.41) is 0. The molecule has 18 heavy (non-hydrogen) atoms. The molecule has 0 aliphatic carbocycles. The van der Waals surface area contributed by atoms with Crippen molar-refractivity contribution in [1.82, 2.24) is 20.8 Å². The largest absolute Gasteiger partial charge is 0.373 e. The molecule has 2 aliphatic rings. The lowest BCUT2D eigenvalue weighted by atomic mass is 9.98. The van der Waals surface area contributed by atoms with E-state index in [1.165, 1.54) is 0 Å². The Balaban J connectivity index is 1.69. The van der Waals surface area contributed by atoms with Crippen molar-refractivity contribution in [3.05, 3.63) is 18.6 Å². The Morgan fingerprint density at radius 1 is 1.44 bits per heavy atom. The predicted molar refractivity (Wildman–Crippen MR) is 68.1 cm³/mol. The monoisotopic (exact) mass is 249 g/mol. The van der Waals surface area contributed by atoms with Crippen LogP contribution in [0.15, 0.2) is 18.6 Å². The minimum atomic E-state index is 0.200. The van der Waals surface area contributed by atoms with Gasteiger partial charge < -0.3 is 9.64 Å². The van der Waals surface area contributed by atoms with Crippen LogP contribution in [0, 0.1) is 5.92 Å². The zero-order valence-electron chi connectivity index (χ0n) is 10.5. The average Bonchev–Trinajstić information content (AvgIpc) is 2.86. The molecule has 6 heteroatoms. The number of hydrogen-bond donors (Lipinski definition) is 2. The van der Waals surface area contributed by atoms with Crippen molar-refractivity contribution in [2.75, 3.05) is 31.1 Å². The summed E-state index contributed by atoms with van der Waals surface area (Å²) < 4.78 is 5.89. The highest BCUT2D eigenvalue weighted by atomic mass is 16.5. The van der Waals surface area contributed by atoms with E-state index in [-0.39, 0.29) is 6.10 Å². The molecule has 98 valence electrons. The zero-order chi connectivity index (χ0) is 12.4. The first kappa shape index (κ1) is 11.8. The molecular weight excluding hydrogens is 230 g/mol. The maximum absolute atomic E-state index is 5.89. The smallest absolute Gasteiger partial charge is 0.147 e. The summed E-state index contributed by atoms with van der Waals surface area (Å²) in [7, 11) is 0. The first-order chi connectivity index (χ1) is 8.84. The second-order valence-corrected chi connectivity index (χ2v) is 4.95. The number of anilines is 1. The van der Waals surface area contributed by atoms with Gasteiger partial charge >= 0.3 is 0 Å². The van der Waals surface area contributed by atoms with E-state index in [9.17, 15) is 0 Å². The minimum absolute atomic E-state index is 0.200. The van der Waals surface area contributed by atoms with Gasteiger partial charge in [-0.3, -0.25) is 15.8 Å². The van der Waals surface area contributed by atoms with E-state index in [4.69, 9.17) is 4.74 Å². The summed E-state index contributed by atoms with van der Waals surface area (Å²) in [5.41, 5.74) is 6.51.